The molecule has 4 heteroatoms. The summed E-state index contributed by atoms with van der Waals surface area (Å²) < 4.78 is 22.2. The fraction of sp³-hybridized carbons (Fsp3) is 1.00. The van der Waals surface area contributed by atoms with Crippen molar-refractivity contribution < 1.29 is 8.42 Å². The maximum atomic E-state index is 11.1. The molecule has 0 saturated carbocycles. The van der Waals surface area contributed by atoms with Gasteiger partial charge in [-0.2, -0.15) is 0 Å². The molecule has 1 aliphatic rings. The third-order valence-corrected chi connectivity index (χ3v) is 4.45. The lowest BCUT2D eigenvalue weighted by Crippen LogP contribution is -2.33. The third kappa shape index (κ3) is 3.65. The maximum Gasteiger partial charge on any atom is 0.151 e. The predicted octanol–water partition coefficient (Wildman–Crippen LogP) is 0.809. The Morgan fingerprint density at radius 2 is 2.23 bits per heavy atom. The van der Waals surface area contributed by atoms with E-state index in [9.17, 15) is 8.42 Å². The summed E-state index contributed by atoms with van der Waals surface area (Å²) in [4.78, 5) is 0. The normalized spacial score (nSPS) is 28.9. The van der Waals surface area contributed by atoms with Gasteiger partial charge in [-0.05, 0) is 18.9 Å². The Balaban J connectivity index is 2.25. The van der Waals surface area contributed by atoms with Crippen LogP contribution in [0, 0.1) is 5.92 Å². The molecule has 1 fully saturated rings. The summed E-state index contributed by atoms with van der Waals surface area (Å²) in [7, 11) is -2.71. The molecule has 1 N–H and O–H groups in total. The van der Waals surface area contributed by atoms with Crippen molar-refractivity contribution in [2.75, 3.05) is 18.1 Å². The summed E-state index contributed by atoms with van der Waals surface area (Å²) >= 11 is 0. The van der Waals surface area contributed by atoms with E-state index in [4.69, 9.17) is 0 Å². The number of sulfone groups is 1. The number of rotatable bonds is 4. The first-order valence-electron chi connectivity index (χ1n) is 4.97. The van der Waals surface area contributed by atoms with Gasteiger partial charge in [0, 0.05) is 6.04 Å². The number of hydrogen-bond acceptors (Lipinski definition) is 3. The molecular formula is C9H19NO2S. The van der Waals surface area contributed by atoms with Crippen LogP contribution in [0.25, 0.3) is 0 Å². The molecule has 0 aromatic rings. The van der Waals surface area contributed by atoms with E-state index in [1.54, 1.807) is 0 Å². The molecule has 0 aliphatic carbocycles. The zero-order valence-corrected chi connectivity index (χ0v) is 9.23. The molecule has 1 aliphatic heterocycles. The van der Waals surface area contributed by atoms with Crippen LogP contribution in [0.2, 0.25) is 0 Å². The fourth-order valence-electron chi connectivity index (χ4n) is 1.47. The molecule has 0 amide bonds. The second-order valence-corrected chi connectivity index (χ2v) is 6.25. The Hall–Kier alpha value is -0.0900. The highest BCUT2D eigenvalue weighted by molar-refractivity contribution is 7.91. The van der Waals surface area contributed by atoms with Crippen molar-refractivity contribution >= 4 is 9.84 Å². The molecule has 0 spiro atoms. The molecule has 3 nitrogen and oxygen atoms in total. The van der Waals surface area contributed by atoms with Gasteiger partial charge >= 0.3 is 0 Å². The first-order valence-corrected chi connectivity index (χ1v) is 6.79. The molecular weight excluding hydrogens is 186 g/mol. The average Bonchev–Trinajstić information content (AvgIpc) is 2.41. The fourth-order valence-corrected chi connectivity index (χ4v) is 3.18. The van der Waals surface area contributed by atoms with Gasteiger partial charge in [-0.15, -0.1) is 0 Å². The van der Waals surface area contributed by atoms with Crippen LogP contribution in [0.3, 0.4) is 0 Å². The van der Waals surface area contributed by atoms with E-state index in [1.165, 1.54) is 0 Å². The standard InChI is InChI=1S/C9H19NO2S/c1-3-8(2)6-10-9-4-5-13(11,12)7-9/h8-10H,3-7H2,1-2H3/t8-,9-/m1/s1. The van der Waals surface area contributed by atoms with Gasteiger partial charge in [0.1, 0.15) is 0 Å². The van der Waals surface area contributed by atoms with Crippen molar-refractivity contribution in [3.63, 3.8) is 0 Å². The molecule has 1 heterocycles. The van der Waals surface area contributed by atoms with E-state index >= 15 is 0 Å². The van der Waals surface area contributed by atoms with Crippen LogP contribution in [-0.2, 0) is 9.84 Å². The Bertz CT molecular complexity index is 248. The van der Waals surface area contributed by atoms with Gasteiger partial charge in [0.15, 0.2) is 9.84 Å². The highest BCUT2D eigenvalue weighted by Crippen LogP contribution is 2.11. The van der Waals surface area contributed by atoms with E-state index in [2.05, 4.69) is 19.2 Å². The minimum atomic E-state index is -2.71. The van der Waals surface area contributed by atoms with E-state index in [-0.39, 0.29) is 6.04 Å². The van der Waals surface area contributed by atoms with Gasteiger partial charge in [0.25, 0.3) is 0 Å². The second kappa shape index (κ2) is 4.42. The van der Waals surface area contributed by atoms with Crippen LogP contribution in [0.4, 0.5) is 0 Å². The first kappa shape index (κ1) is 11.0. The van der Waals surface area contributed by atoms with Gasteiger partial charge < -0.3 is 5.32 Å². The summed E-state index contributed by atoms with van der Waals surface area (Å²) in [6, 6.07) is 0.207. The monoisotopic (exact) mass is 205 g/mol. The minimum absolute atomic E-state index is 0.207. The molecule has 0 aromatic heterocycles. The summed E-state index contributed by atoms with van der Waals surface area (Å²) in [5.41, 5.74) is 0. The van der Waals surface area contributed by atoms with Gasteiger partial charge in [0.2, 0.25) is 0 Å². The van der Waals surface area contributed by atoms with Crippen LogP contribution in [-0.4, -0.2) is 32.5 Å². The molecule has 1 saturated heterocycles. The molecule has 0 radical (unpaired) electrons. The SMILES string of the molecule is CC[C@@H](C)CN[C@@H]1CCS(=O)(=O)C1. The quantitative estimate of drug-likeness (QED) is 0.739. The summed E-state index contributed by atoms with van der Waals surface area (Å²) in [5.74, 6) is 1.34. The van der Waals surface area contributed by atoms with Crippen LogP contribution in [0.5, 0.6) is 0 Å². The van der Waals surface area contributed by atoms with Crippen molar-refractivity contribution in [2.24, 2.45) is 5.92 Å². The zero-order chi connectivity index (χ0) is 9.90. The molecule has 1 rings (SSSR count). The van der Waals surface area contributed by atoms with Crippen LogP contribution in [0.15, 0.2) is 0 Å². The molecule has 0 aromatic carbocycles. The van der Waals surface area contributed by atoms with Crippen molar-refractivity contribution in [2.45, 2.75) is 32.7 Å². The lowest BCUT2D eigenvalue weighted by Gasteiger charge is -2.14. The molecule has 78 valence electrons. The van der Waals surface area contributed by atoms with Crippen molar-refractivity contribution in [1.29, 1.82) is 0 Å². The Morgan fingerprint density at radius 3 is 2.69 bits per heavy atom. The maximum absolute atomic E-state index is 11.1. The lowest BCUT2D eigenvalue weighted by atomic mass is 10.1. The zero-order valence-electron chi connectivity index (χ0n) is 8.41. The van der Waals surface area contributed by atoms with Crippen molar-refractivity contribution in [1.82, 2.24) is 5.32 Å². The largest absolute Gasteiger partial charge is 0.313 e. The predicted molar refractivity (Wildman–Crippen MR) is 54.5 cm³/mol. The summed E-state index contributed by atoms with van der Waals surface area (Å²) in [5, 5.41) is 3.31. The highest BCUT2D eigenvalue weighted by atomic mass is 32.2. The summed E-state index contributed by atoms with van der Waals surface area (Å²) in [6.07, 6.45) is 1.94. The molecule has 0 bridgehead atoms. The van der Waals surface area contributed by atoms with Crippen molar-refractivity contribution in [3.8, 4) is 0 Å². The third-order valence-electron chi connectivity index (χ3n) is 2.68. The second-order valence-electron chi connectivity index (χ2n) is 4.02. The van der Waals surface area contributed by atoms with E-state index in [0.717, 1.165) is 19.4 Å². The van der Waals surface area contributed by atoms with E-state index in [1.807, 2.05) is 0 Å². The Kier molecular flexibility index (Phi) is 3.74. The van der Waals surface area contributed by atoms with E-state index in [0.29, 0.717) is 17.4 Å². The Morgan fingerprint density at radius 1 is 1.54 bits per heavy atom. The Labute approximate surface area is 80.8 Å². The molecule has 2 atom stereocenters. The van der Waals surface area contributed by atoms with Gasteiger partial charge in [0.05, 0.1) is 11.5 Å². The number of hydrogen-bond donors (Lipinski definition) is 1. The smallest absolute Gasteiger partial charge is 0.151 e. The first-order chi connectivity index (χ1) is 6.03. The average molecular weight is 205 g/mol. The highest BCUT2D eigenvalue weighted by Gasteiger charge is 2.27. The van der Waals surface area contributed by atoms with Crippen LogP contribution < -0.4 is 5.32 Å². The van der Waals surface area contributed by atoms with Gasteiger partial charge in [-0.25, -0.2) is 8.42 Å². The minimum Gasteiger partial charge on any atom is -0.313 e. The topological polar surface area (TPSA) is 46.2 Å². The van der Waals surface area contributed by atoms with Gasteiger partial charge in [-0.3, -0.25) is 0 Å². The molecule has 13 heavy (non-hydrogen) atoms. The lowest BCUT2D eigenvalue weighted by molar-refractivity contribution is 0.456. The molecule has 0 unspecified atom stereocenters. The summed E-state index contributed by atoms with van der Waals surface area (Å²) in [6.45, 7) is 5.27. The van der Waals surface area contributed by atoms with Crippen LogP contribution in [0.1, 0.15) is 26.7 Å². The van der Waals surface area contributed by atoms with Crippen LogP contribution >= 0.6 is 0 Å². The number of nitrogens with one attached hydrogen (secondary N) is 1. The van der Waals surface area contributed by atoms with E-state index < -0.39 is 9.84 Å². The van der Waals surface area contributed by atoms with Gasteiger partial charge in [-0.1, -0.05) is 20.3 Å². The van der Waals surface area contributed by atoms with Crippen molar-refractivity contribution in [3.05, 3.63) is 0 Å².